The van der Waals surface area contributed by atoms with Gasteiger partial charge in [0.15, 0.2) is 4.90 Å². The van der Waals surface area contributed by atoms with Crippen LogP contribution in [0.25, 0.3) is 0 Å². The summed E-state index contributed by atoms with van der Waals surface area (Å²) in [5, 5.41) is 10.9. The number of amides is 1. The van der Waals surface area contributed by atoms with Crippen LogP contribution in [0, 0.1) is 10.1 Å². The highest BCUT2D eigenvalue weighted by Gasteiger charge is 2.32. The van der Waals surface area contributed by atoms with Gasteiger partial charge in [0.1, 0.15) is 0 Å². The first kappa shape index (κ1) is 16.9. The zero-order chi connectivity index (χ0) is 16.4. The second-order valence-corrected chi connectivity index (χ2v) is 6.77. The SMILES string of the molecule is CC(C)(CC(N)=O)NS(=O)(=O)c1cc(N)ccc1[N+](=O)[O-]. The van der Waals surface area contributed by atoms with E-state index in [9.17, 15) is 23.3 Å². The number of nitrogen functional groups attached to an aromatic ring is 1. The van der Waals surface area contributed by atoms with Gasteiger partial charge in [-0.25, -0.2) is 13.1 Å². The third kappa shape index (κ3) is 4.39. The summed E-state index contributed by atoms with van der Waals surface area (Å²) in [6.07, 6.45) is -0.262. The molecule has 0 saturated heterocycles. The van der Waals surface area contributed by atoms with Crippen LogP contribution in [0.2, 0.25) is 0 Å². The van der Waals surface area contributed by atoms with Crippen LogP contribution in [0.5, 0.6) is 0 Å². The third-order valence-electron chi connectivity index (χ3n) is 2.50. The van der Waals surface area contributed by atoms with Crippen LogP contribution in [0.4, 0.5) is 11.4 Å². The van der Waals surface area contributed by atoms with E-state index in [1.807, 2.05) is 0 Å². The van der Waals surface area contributed by atoms with Crippen LogP contribution in [-0.2, 0) is 14.8 Å². The molecule has 0 fully saturated rings. The van der Waals surface area contributed by atoms with Gasteiger partial charge in [-0.2, -0.15) is 0 Å². The van der Waals surface area contributed by atoms with Crippen molar-refractivity contribution in [3.8, 4) is 0 Å². The van der Waals surface area contributed by atoms with Crippen molar-refractivity contribution in [3.63, 3.8) is 0 Å². The van der Waals surface area contributed by atoms with Crippen LogP contribution >= 0.6 is 0 Å². The Morgan fingerprint density at radius 1 is 1.43 bits per heavy atom. The van der Waals surface area contributed by atoms with Crippen molar-refractivity contribution in [3.05, 3.63) is 28.3 Å². The largest absolute Gasteiger partial charge is 0.399 e. The lowest BCUT2D eigenvalue weighted by Crippen LogP contribution is -2.46. The summed E-state index contributed by atoms with van der Waals surface area (Å²) in [5.74, 6) is -0.704. The monoisotopic (exact) mass is 316 g/mol. The van der Waals surface area contributed by atoms with Crippen molar-refractivity contribution in [2.24, 2.45) is 5.73 Å². The molecule has 1 aromatic rings. The van der Waals surface area contributed by atoms with E-state index in [-0.39, 0.29) is 12.1 Å². The van der Waals surface area contributed by atoms with Crippen molar-refractivity contribution >= 4 is 27.3 Å². The van der Waals surface area contributed by atoms with E-state index in [2.05, 4.69) is 4.72 Å². The van der Waals surface area contributed by atoms with Gasteiger partial charge in [0.05, 0.1) is 4.92 Å². The van der Waals surface area contributed by atoms with Crippen LogP contribution in [0.3, 0.4) is 0 Å². The van der Waals surface area contributed by atoms with E-state index in [1.165, 1.54) is 19.9 Å². The molecule has 5 N–H and O–H groups in total. The number of nitrogens with two attached hydrogens (primary N) is 2. The first-order valence-corrected chi connectivity index (χ1v) is 7.29. The number of nitro benzene ring substituents is 1. The molecule has 1 aromatic carbocycles. The molecular weight excluding hydrogens is 300 g/mol. The molecule has 0 bridgehead atoms. The average Bonchev–Trinajstić information content (AvgIpc) is 2.24. The Bertz CT molecular complexity index is 684. The summed E-state index contributed by atoms with van der Waals surface area (Å²) in [4.78, 5) is 20.5. The molecule has 0 atom stereocenters. The predicted molar refractivity (Wildman–Crippen MR) is 75.7 cm³/mol. The second-order valence-electron chi connectivity index (χ2n) is 5.12. The quantitative estimate of drug-likeness (QED) is 0.383. The number of hydrogen-bond acceptors (Lipinski definition) is 6. The molecule has 0 aliphatic carbocycles. The normalized spacial score (nSPS) is 12.1. The predicted octanol–water partition coefficient (Wildman–Crippen LogP) is 0.109. The fourth-order valence-electron chi connectivity index (χ4n) is 1.79. The maximum atomic E-state index is 12.3. The molecule has 0 aliphatic heterocycles. The molecule has 1 amide bonds. The van der Waals surface area contributed by atoms with E-state index in [0.29, 0.717) is 0 Å². The van der Waals surface area contributed by atoms with E-state index < -0.39 is 37.0 Å². The molecule has 0 saturated carbocycles. The number of nitro groups is 1. The number of hydrogen-bond donors (Lipinski definition) is 3. The summed E-state index contributed by atoms with van der Waals surface area (Å²) < 4.78 is 26.8. The number of rotatable bonds is 6. The minimum absolute atomic E-state index is 0.0636. The molecule has 116 valence electrons. The Labute approximate surface area is 121 Å². The maximum Gasteiger partial charge on any atom is 0.289 e. The van der Waals surface area contributed by atoms with Gasteiger partial charge in [0.25, 0.3) is 5.69 Å². The van der Waals surface area contributed by atoms with Gasteiger partial charge in [0.2, 0.25) is 15.9 Å². The second kappa shape index (κ2) is 5.66. The summed E-state index contributed by atoms with van der Waals surface area (Å²) in [7, 11) is -4.24. The lowest BCUT2D eigenvalue weighted by Gasteiger charge is -2.24. The summed E-state index contributed by atoms with van der Waals surface area (Å²) in [6.45, 7) is 2.88. The number of nitrogens with one attached hydrogen (secondary N) is 1. The van der Waals surface area contributed by atoms with E-state index in [1.54, 1.807) is 0 Å². The van der Waals surface area contributed by atoms with Gasteiger partial charge >= 0.3 is 0 Å². The molecule has 0 radical (unpaired) electrons. The first-order chi connectivity index (χ1) is 9.44. The van der Waals surface area contributed by atoms with Gasteiger partial charge in [-0.1, -0.05) is 0 Å². The highest BCUT2D eigenvalue weighted by Crippen LogP contribution is 2.27. The highest BCUT2D eigenvalue weighted by atomic mass is 32.2. The van der Waals surface area contributed by atoms with Crippen molar-refractivity contribution in [1.82, 2.24) is 4.72 Å². The molecule has 10 heteroatoms. The Morgan fingerprint density at radius 2 is 2.00 bits per heavy atom. The molecule has 1 rings (SSSR count). The smallest absolute Gasteiger partial charge is 0.289 e. The lowest BCUT2D eigenvalue weighted by atomic mass is 10.0. The van der Waals surface area contributed by atoms with Crippen molar-refractivity contribution in [1.29, 1.82) is 0 Å². The zero-order valence-corrected chi connectivity index (χ0v) is 12.3. The molecule has 0 heterocycles. The molecule has 0 aliphatic rings. The number of benzene rings is 1. The number of primary amides is 1. The number of anilines is 1. The average molecular weight is 316 g/mol. The summed E-state index contributed by atoms with van der Waals surface area (Å²) in [6, 6.07) is 3.22. The Balaban J connectivity index is 3.28. The minimum Gasteiger partial charge on any atom is -0.399 e. The molecular formula is C11H16N4O5S. The Morgan fingerprint density at radius 3 is 2.48 bits per heavy atom. The van der Waals surface area contributed by atoms with Crippen LogP contribution in [0.15, 0.2) is 23.1 Å². The zero-order valence-electron chi connectivity index (χ0n) is 11.5. The van der Waals surface area contributed by atoms with E-state index in [4.69, 9.17) is 11.5 Å². The van der Waals surface area contributed by atoms with Crippen LogP contribution in [-0.4, -0.2) is 24.8 Å². The van der Waals surface area contributed by atoms with Gasteiger partial charge in [-0.15, -0.1) is 0 Å². The van der Waals surface area contributed by atoms with Crippen molar-refractivity contribution in [2.45, 2.75) is 30.7 Å². The lowest BCUT2D eigenvalue weighted by molar-refractivity contribution is -0.387. The first-order valence-electron chi connectivity index (χ1n) is 5.81. The topological polar surface area (TPSA) is 158 Å². The molecule has 0 spiro atoms. The van der Waals surface area contributed by atoms with Gasteiger partial charge in [0, 0.05) is 23.7 Å². The van der Waals surface area contributed by atoms with Crippen molar-refractivity contribution < 1.29 is 18.1 Å². The standard InChI is InChI=1S/C11H16N4O5S/c1-11(2,6-10(13)16)14-21(19,20)9-5-7(12)3-4-8(9)15(17)18/h3-5,14H,6,12H2,1-2H3,(H2,13,16). The highest BCUT2D eigenvalue weighted by molar-refractivity contribution is 7.89. The van der Waals surface area contributed by atoms with Gasteiger partial charge < -0.3 is 11.5 Å². The van der Waals surface area contributed by atoms with Crippen LogP contribution in [0.1, 0.15) is 20.3 Å². The number of carbonyl (C=O) groups excluding carboxylic acids is 1. The van der Waals surface area contributed by atoms with Gasteiger partial charge in [-0.3, -0.25) is 14.9 Å². The number of carbonyl (C=O) groups is 1. The van der Waals surface area contributed by atoms with E-state index in [0.717, 1.165) is 12.1 Å². The Kier molecular flexibility index (Phi) is 4.54. The molecule has 21 heavy (non-hydrogen) atoms. The van der Waals surface area contributed by atoms with Crippen LogP contribution < -0.4 is 16.2 Å². The fraction of sp³-hybridized carbons (Fsp3) is 0.364. The van der Waals surface area contributed by atoms with Gasteiger partial charge in [-0.05, 0) is 26.0 Å². The Hall–Kier alpha value is -2.20. The molecule has 9 nitrogen and oxygen atoms in total. The fourth-order valence-corrected chi connectivity index (χ4v) is 3.41. The molecule has 0 unspecified atom stereocenters. The van der Waals surface area contributed by atoms with Crippen molar-refractivity contribution in [2.75, 3.05) is 5.73 Å². The summed E-state index contributed by atoms with van der Waals surface area (Å²) in [5.41, 5.74) is 8.78. The molecule has 0 aromatic heterocycles. The summed E-state index contributed by atoms with van der Waals surface area (Å²) >= 11 is 0. The number of nitrogens with zero attached hydrogens (tertiary/aromatic N) is 1. The number of sulfonamides is 1. The third-order valence-corrected chi connectivity index (χ3v) is 4.22. The van der Waals surface area contributed by atoms with E-state index >= 15 is 0 Å². The minimum atomic E-state index is -4.24. The maximum absolute atomic E-state index is 12.3.